The molecule has 1 aliphatic heterocycles. The fourth-order valence-electron chi connectivity index (χ4n) is 4.72. The highest BCUT2D eigenvalue weighted by atomic mass is 32.2. The smallest absolute Gasteiger partial charge is 0.243 e. The number of sulfonamides is 1. The van der Waals surface area contributed by atoms with Gasteiger partial charge in [-0.1, -0.05) is 62.7 Å². The molecule has 0 spiro atoms. The molecule has 3 aromatic rings. The molecule has 1 atom stereocenters. The van der Waals surface area contributed by atoms with E-state index in [-0.39, 0.29) is 34.8 Å². The van der Waals surface area contributed by atoms with Crippen molar-refractivity contribution in [3.63, 3.8) is 0 Å². The normalized spacial score (nSPS) is 16.4. The number of carbonyl (C=O) groups is 1. The molecule has 0 bridgehead atoms. The lowest BCUT2D eigenvalue weighted by Crippen LogP contribution is -2.48. The van der Waals surface area contributed by atoms with E-state index in [1.807, 2.05) is 25.7 Å². The minimum atomic E-state index is -3.82. The van der Waals surface area contributed by atoms with E-state index in [2.05, 4.69) is 56.5 Å². The molecule has 0 radical (unpaired) electrons. The van der Waals surface area contributed by atoms with Gasteiger partial charge in [-0.15, -0.1) is 11.3 Å². The highest BCUT2D eigenvalue weighted by Gasteiger charge is 2.36. The molecule has 0 fully saturated rings. The van der Waals surface area contributed by atoms with Crippen LogP contribution in [0, 0.1) is 6.92 Å². The summed E-state index contributed by atoms with van der Waals surface area (Å²) >= 11 is 1.72. The predicted octanol–water partition coefficient (Wildman–Crippen LogP) is 5.93. The SMILES string of the molecule is Cc1ccc(S(=O)(=O)N(CC(=O)N2CCc3sccc3C2c2ccc(C(C)(C)C)cc2)C(C)C)cc1. The molecule has 2 heterocycles. The zero-order valence-corrected chi connectivity index (χ0v) is 23.6. The van der Waals surface area contributed by atoms with E-state index in [0.29, 0.717) is 6.54 Å². The van der Waals surface area contributed by atoms with Crippen molar-refractivity contribution >= 4 is 27.3 Å². The van der Waals surface area contributed by atoms with Crippen LogP contribution in [0.25, 0.3) is 0 Å². The lowest BCUT2D eigenvalue weighted by molar-refractivity contribution is -0.133. The molecule has 0 saturated carbocycles. The maximum Gasteiger partial charge on any atom is 0.243 e. The Morgan fingerprint density at radius 3 is 2.28 bits per heavy atom. The van der Waals surface area contributed by atoms with E-state index in [1.165, 1.54) is 14.7 Å². The Morgan fingerprint density at radius 2 is 1.69 bits per heavy atom. The fourth-order valence-corrected chi connectivity index (χ4v) is 7.21. The van der Waals surface area contributed by atoms with E-state index in [9.17, 15) is 13.2 Å². The number of thiophene rings is 1. The Kier molecular flexibility index (Phi) is 7.47. The average Bonchev–Trinajstić information content (AvgIpc) is 3.30. The van der Waals surface area contributed by atoms with Crippen molar-refractivity contribution in [3.05, 3.63) is 87.1 Å². The first-order chi connectivity index (χ1) is 16.9. The van der Waals surface area contributed by atoms with E-state index in [4.69, 9.17) is 0 Å². The third-order valence-electron chi connectivity index (χ3n) is 6.87. The van der Waals surface area contributed by atoms with Gasteiger partial charge < -0.3 is 4.90 Å². The molecule has 0 aliphatic carbocycles. The van der Waals surface area contributed by atoms with Crippen molar-refractivity contribution in [1.82, 2.24) is 9.21 Å². The molecule has 5 nitrogen and oxygen atoms in total. The van der Waals surface area contributed by atoms with Crippen LogP contribution in [0.15, 0.2) is 64.9 Å². The van der Waals surface area contributed by atoms with Gasteiger partial charge in [0.15, 0.2) is 0 Å². The first-order valence-electron chi connectivity index (χ1n) is 12.4. The van der Waals surface area contributed by atoms with Crippen LogP contribution in [0.4, 0.5) is 0 Å². The fraction of sp³-hybridized carbons (Fsp3) is 0.414. The van der Waals surface area contributed by atoms with Crippen LogP contribution in [0.2, 0.25) is 0 Å². The van der Waals surface area contributed by atoms with Gasteiger partial charge in [-0.2, -0.15) is 4.31 Å². The molecule has 1 amide bonds. The summed E-state index contributed by atoms with van der Waals surface area (Å²) in [5, 5.41) is 2.08. The van der Waals surface area contributed by atoms with Crippen LogP contribution >= 0.6 is 11.3 Å². The first kappa shape index (κ1) is 26.6. The number of aryl methyl sites for hydroxylation is 1. The zero-order chi connectivity index (χ0) is 26.3. The zero-order valence-electron chi connectivity index (χ0n) is 22.0. The summed E-state index contributed by atoms with van der Waals surface area (Å²) < 4.78 is 28.3. The number of hydrogen-bond donors (Lipinski definition) is 0. The highest BCUT2D eigenvalue weighted by Crippen LogP contribution is 2.38. The van der Waals surface area contributed by atoms with Crippen molar-refractivity contribution in [2.24, 2.45) is 0 Å². The minimum Gasteiger partial charge on any atom is -0.330 e. The first-order valence-corrected chi connectivity index (χ1v) is 14.8. The Bertz CT molecular complexity index is 1320. The lowest BCUT2D eigenvalue weighted by Gasteiger charge is -2.38. The number of amides is 1. The third kappa shape index (κ3) is 5.29. The second kappa shape index (κ2) is 10.1. The number of rotatable bonds is 6. The summed E-state index contributed by atoms with van der Waals surface area (Å²) in [7, 11) is -3.82. The molecule has 2 aromatic carbocycles. The van der Waals surface area contributed by atoms with Gasteiger partial charge in [0.1, 0.15) is 0 Å². The summed E-state index contributed by atoms with van der Waals surface area (Å²) in [6.45, 7) is 12.5. The standard InChI is InChI=1S/C29H36N2O3S2/c1-20(2)31(36(33,34)24-13-7-21(3)8-14-24)19-27(32)30-17-15-26-25(16-18-35-26)28(30)22-9-11-23(12-10-22)29(4,5)6/h7-14,16,18,20,28H,15,17,19H2,1-6H3. The Balaban J connectivity index is 1.66. The van der Waals surface area contributed by atoms with Gasteiger partial charge in [0, 0.05) is 17.5 Å². The van der Waals surface area contributed by atoms with E-state index < -0.39 is 10.0 Å². The molecular weight excluding hydrogens is 488 g/mol. The van der Waals surface area contributed by atoms with Gasteiger partial charge in [0.25, 0.3) is 0 Å². The maximum atomic E-state index is 13.8. The van der Waals surface area contributed by atoms with Crippen molar-refractivity contribution in [3.8, 4) is 0 Å². The predicted molar refractivity (Wildman–Crippen MR) is 147 cm³/mol. The van der Waals surface area contributed by atoms with E-state index in [0.717, 1.165) is 23.1 Å². The number of benzene rings is 2. The number of carbonyl (C=O) groups excluding carboxylic acids is 1. The number of fused-ring (bicyclic) bond motifs is 1. The number of nitrogens with zero attached hydrogens (tertiary/aromatic N) is 2. The van der Waals surface area contributed by atoms with Crippen LogP contribution in [0.5, 0.6) is 0 Å². The quantitative estimate of drug-likeness (QED) is 0.402. The van der Waals surface area contributed by atoms with Crippen LogP contribution in [0.1, 0.15) is 67.8 Å². The van der Waals surface area contributed by atoms with Gasteiger partial charge in [0.05, 0.1) is 17.5 Å². The van der Waals surface area contributed by atoms with Crippen molar-refractivity contribution in [2.45, 2.75) is 70.4 Å². The molecule has 192 valence electrons. The van der Waals surface area contributed by atoms with E-state index >= 15 is 0 Å². The molecule has 0 saturated heterocycles. The Labute approximate surface area is 219 Å². The Morgan fingerprint density at radius 1 is 1.06 bits per heavy atom. The van der Waals surface area contributed by atoms with Gasteiger partial charge >= 0.3 is 0 Å². The summed E-state index contributed by atoms with van der Waals surface area (Å²) in [6, 6.07) is 16.8. The van der Waals surface area contributed by atoms with Crippen LogP contribution in [0.3, 0.4) is 0 Å². The molecular formula is C29H36N2O3S2. The summed E-state index contributed by atoms with van der Waals surface area (Å²) in [4.78, 5) is 17.2. The molecule has 4 rings (SSSR count). The monoisotopic (exact) mass is 524 g/mol. The van der Waals surface area contributed by atoms with Gasteiger partial charge in [-0.05, 0) is 72.9 Å². The number of hydrogen-bond acceptors (Lipinski definition) is 4. The molecule has 36 heavy (non-hydrogen) atoms. The Hall–Kier alpha value is -2.48. The van der Waals surface area contributed by atoms with Crippen LogP contribution in [-0.4, -0.2) is 42.7 Å². The third-order valence-corrected chi connectivity index (χ3v) is 9.91. The second-order valence-electron chi connectivity index (χ2n) is 10.9. The largest absolute Gasteiger partial charge is 0.330 e. The van der Waals surface area contributed by atoms with Gasteiger partial charge in [0.2, 0.25) is 15.9 Å². The van der Waals surface area contributed by atoms with Crippen LogP contribution in [-0.2, 0) is 26.7 Å². The molecule has 7 heteroatoms. The molecule has 1 unspecified atom stereocenters. The lowest BCUT2D eigenvalue weighted by atomic mass is 9.85. The summed E-state index contributed by atoms with van der Waals surface area (Å²) in [6.07, 6.45) is 0.779. The summed E-state index contributed by atoms with van der Waals surface area (Å²) in [5.41, 5.74) is 4.45. The topological polar surface area (TPSA) is 57.7 Å². The average molecular weight is 525 g/mol. The van der Waals surface area contributed by atoms with Gasteiger partial charge in [-0.25, -0.2) is 8.42 Å². The van der Waals surface area contributed by atoms with Crippen molar-refractivity contribution in [2.75, 3.05) is 13.1 Å². The minimum absolute atomic E-state index is 0.0379. The molecule has 1 aliphatic rings. The highest BCUT2D eigenvalue weighted by molar-refractivity contribution is 7.89. The second-order valence-corrected chi connectivity index (χ2v) is 13.8. The maximum absolute atomic E-state index is 13.8. The van der Waals surface area contributed by atoms with Crippen molar-refractivity contribution < 1.29 is 13.2 Å². The molecule has 1 aromatic heterocycles. The van der Waals surface area contributed by atoms with Crippen molar-refractivity contribution in [1.29, 1.82) is 0 Å². The molecule has 0 N–H and O–H groups in total. The van der Waals surface area contributed by atoms with Gasteiger partial charge in [-0.3, -0.25) is 4.79 Å². The van der Waals surface area contributed by atoms with E-state index in [1.54, 1.807) is 35.6 Å². The van der Waals surface area contributed by atoms with Crippen LogP contribution < -0.4 is 0 Å². The summed E-state index contributed by atoms with van der Waals surface area (Å²) in [5.74, 6) is -0.180.